The summed E-state index contributed by atoms with van der Waals surface area (Å²) in [6, 6.07) is 6.63. The highest BCUT2D eigenvalue weighted by Crippen LogP contribution is 2.11. The lowest BCUT2D eigenvalue weighted by Gasteiger charge is -2.25. The predicted octanol–water partition coefficient (Wildman–Crippen LogP) is 1.56. The molecule has 1 rings (SSSR count). The highest BCUT2D eigenvalue weighted by atomic mass is 16.4. The Bertz CT molecular complexity index is 465. The van der Waals surface area contributed by atoms with E-state index in [1.807, 2.05) is 13.8 Å². The summed E-state index contributed by atoms with van der Waals surface area (Å²) >= 11 is 0. The lowest BCUT2D eigenvalue weighted by molar-refractivity contribution is -0.126. The molecule has 0 fully saturated rings. The molecule has 0 aliphatic rings. The number of hydrogen-bond donors (Lipinski definition) is 3. The van der Waals surface area contributed by atoms with Crippen molar-refractivity contribution < 1.29 is 14.7 Å². The maximum absolute atomic E-state index is 11.9. The fraction of sp³-hybridized carbons (Fsp3) is 0.467. The van der Waals surface area contributed by atoms with Crippen LogP contribution in [0.1, 0.15) is 42.6 Å². The lowest BCUT2D eigenvalue weighted by atomic mass is 9.93. The summed E-state index contributed by atoms with van der Waals surface area (Å²) in [5, 5.41) is 11.6. The van der Waals surface area contributed by atoms with Crippen molar-refractivity contribution in [3.8, 4) is 0 Å². The summed E-state index contributed by atoms with van der Waals surface area (Å²) < 4.78 is 0. The van der Waals surface area contributed by atoms with E-state index >= 15 is 0 Å². The number of hydrogen-bond acceptors (Lipinski definition) is 3. The molecule has 110 valence electrons. The van der Waals surface area contributed by atoms with Crippen molar-refractivity contribution >= 4 is 11.9 Å². The van der Waals surface area contributed by atoms with Crippen LogP contribution in [0.15, 0.2) is 24.3 Å². The minimum absolute atomic E-state index is 0.135. The van der Waals surface area contributed by atoms with E-state index in [9.17, 15) is 9.59 Å². The Labute approximate surface area is 119 Å². The van der Waals surface area contributed by atoms with Gasteiger partial charge in [0.25, 0.3) is 0 Å². The van der Waals surface area contributed by atoms with Crippen molar-refractivity contribution in [3.05, 3.63) is 35.4 Å². The van der Waals surface area contributed by atoms with Crippen molar-refractivity contribution in [2.24, 2.45) is 5.73 Å². The first kappa shape index (κ1) is 16.2. The van der Waals surface area contributed by atoms with E-state index in [-0.39, 0.29) is 11.5 Å². The van der Waals surface area contributed by atoms with E-state index in [0.717, 1.165) is 5.56 Å². The van der Waals surface area contributed by atoms with Gasteiger partial charge >= 0.3 is 5.97 Å². The molecule has 0 bridgehead atoms. The minimum Gasteiger partial charge on any atom is -0.478 e. The molecular weight excluding hydrogens is 256 g/mol. The van der Waals surface area contributed by atoms with Gasteiger partial charge in [-0.3, -0.25) is 4.79 Å². The molecule has 0 saturated heterocycles. The van der Waals surface area contributed by atoms with Gasteiger partial charge in [-0.05, 0) is 37.0 Å². The maximum Gasteiger partial charge on any atom is 0.335 e. The van der Waals surface area contributed by atoms with Gasteiger partial charge in [0.05, 0.1) is 11.1 Å². The second-order valence-electron chi connectivity index (χ2n) is 4.87. The van der Waals surface area contributed by atoms with Gasteiger partial charge in [0, 0.05) is 6.54 Å². The van der Waals surface area contributed by atoms with Gasteiger partial charge in [-0.1, -0.05) is 26.0 Å². The molecule has 0 aliphatic heterocycles. The van der Waals surface area contributed by atoms with Crippen LogP contribution in [-0.2, 0) is 11.2 Å². The van der Waals surface area contributed by atoms with E-state index in [1.165, 1.54) is 0 Å². The van der Waals surface area contributed by atoms with Gasteiger partial charge in [-0.2, -0.15) is 0 Å². The first-order chi connectivity index (χ1) is 9.42. The number of carbonyl (C=O) groups is 2. The number of benzene rings is 1. The predicted molar refractivity (Wildman–Crippen MR) is 77.6 cm³/mol. The molecule has 1 aromatic rings. The second kappa shape index (κ2) is 7.05. The molecule has 20 heavy (non-hydrogen) atoms. The van der Waals surface area contributed by atoms with Crippen molar-refractivity contribution in [3.63, 3.8) is 0 Å². The highest BCUT2D eigenvalue weighted by molar-refractivity contribution is 5.87. The molecule has 0 aliphatic carbocycles. The summed E-state index contributed by atoms with van der Waals surface area (Å²) in [6.45, 7) is 4.28. The number of nitrogens with two attached hydrogens (primary N) is 1. The third-order valence-corrected chi connectivity index (χ3v) is 3.61. The van der Waals surface area contributed by atoms with Crippen LogP contribution in [0.5, 0.6) is 0 Å². The van der Waals surface area contributed by atoms with Gasteiger partial charge in [-0.25, -0.2) is 4.79 Å². The van der Waals surface area contributed by atoms with Crippen LogP contribution in [0.2, 0.25) is 0 Å². The number of carboxylic acid groups (broad SMARTS) is 1. The fourth-order valence-electron chi connectivity index (χ4n) is 1.88. The van der Waals surface area contributed by atoms with Crippen LogP contribution in [0, 0.1) is 0 Å². The Morgan fingerprint density at radius 3 is 2.20 bits per heavy atom. The zero-order valence-corrected chi connectivity index (χ0v) is 12.0. The number of carboxylic acids is 1. The average Bonchev–Trinajstić information content (AvgIpc) is 2.46. The molecule has 0 aromatic heterocycles. The Balaban J connectivity index is 2.48. The molecule has 0 unspecified atom stereocenters. The van der Waals surface area contributed by atoms with Crippen LogP contribution in [-0.4, -0.2) is 29.1 Å². The molecule has 0 spiro atoms. The first-order valence-electron chi connectivity index (χ1n) is 6.82. The van der Waals surface area contributed by atoms with Gasteiger partial charge in [-0.15, -0.1) is 0 Å². The molecule has 0 atom stereocenters. The van der Waals surface area contributed by atoms with Crippen LogP contribution in [0.25, 0.3) is 0 Å². The summed E-state index contributed by atoms with van der Waals surface area (Å²) in [4.78, 5) is 22.7. The standard InChI is InChI=1S/C15H22N2O3/c1-3-15(16,4-2)14(20)17-10-9-11-5-7-12(8-6-11)13(18)19/h5-8H,3-4,9-10,16H2,1-2H3,(H,17,20)(H,18,19). The SMILES string of the molecule is CCC(N)(CC)C(=O)NCCc1ccc(C(=O)O)cc1. The third-order valence-electron chi connectivity index (χ3n) is 3.61. The molecule has 5 heteroatoms. The van der Waals surface area contributed by atoms with Crippen molar-refractivity contribution in [2.45, 2.75) is 38.6 Å². The molecule has 1 amide bonds. The molecule has 5 nitrogen and oxygen atoms in total. The zero-order valence-electron chi connectivity index (χ0n) is 12.0. The van der Waals surface area contributed by atoms with Crippen molar-refractivity contribution in [1.82, 2.24) is 5.32 Å². The smallest absolute Gasteiger partial charge is 0.335 e. The first-order valence-corrected chi connectivity index (χ1v) is 6.82. The Kier molecular flexibility index (Phi) is 5.70. The summed E-state index contributed by atoms with van der Waals surface area (Å²) in [5.41, 5.74) is 6.43. The van der Waals surface area contributed by atoms with Gasteiger partial charge < -0.3 is 16.2 Å². The summed E-state index contributed by atoms with van der Waals surface area (Å²) in [6.07, 6.45) is 1.85. The van der Waals surface area contributed by atoms with Gasteiger partial charge in [0.1, 0.15) is 0 Å². The topological polar surface area (TPSA) is 92.4 Å². The van der Waals surface area contributed by atoms with Crippen LogP contribution >= 0.6 is 0 Å². The van der Waals surface area contributed by atoms with Crippen molar-refractivity contribution in [2.75, 3.05) is 6.54 Å². The fourth-order valence-corrected chi connectivity index (χ4v) is 1.88. The Hall–Kier alpha value is -1.88. The van der Waals surface area contributed by atoms with E-state index in [2.05, 4.69) is 5.32 Å². The number of amides is 1. The van der Waals surface area contributed by atoms with E-state index in [4.69, 9.17) is 10.8 Å². The van der Waals surface area contributed by atoms with Crippen LogP contribution in [0.4, 0.5) is 0 Å². The average molecular weight is 278 g/mol. The van der Waals surface area contributed by atoms with Gasteiger partial charge in [0.15, 0.2) is 0 Å². The normalized spacial score (nSPS) is 11.2. The Morgan fingerprint density at radius 1 is 1.20 bits per heavy atom. The number of aromatic carboxylic acids is 1. The Morgan fingerprint density at radius 2 is 1.75 bits per heavy atom. The highest BCUT2D eigenvalue weighted by Gasteiger charge is 2.29. The minimum atomic E-state index is -0.941. The van der Waals surface area contributed by atoms with Crippen molar-refractivity contribution in [1.29, 1.82) is 0 Å². The number of carbonyl (C=O) groups excluding carboxylic acids is 1. The third kappa shape index (κ3) is 4.06. The number of nitrogens with one attached hydrogen (secondary N) is 1. The molecular formula is C15H22N2O3. The lowest BCUT2D eigenvalue weighted by Crippen LogP contribution is -2.53. The maximum atomic E-state index is 11.9. The quantitative estimate of drug-likeness (QED) is 0.705. The number of rotatable bonds is 7. The monoisotopic (exact) mass is 278 g/mol. The summed E-state index contributed by atoms with van der Waals surface area (Å²) in [7, 11) is 0. The van der Waals surface area contributed by atoms with Gasteiger partial charge in [0.2, 0.25) is 5.91 Å². The molecule has 0 heterocycles. The largest absolute Gasteiger partial charge is 0.478 e. The molecule has 4 N–H and O–H groups in total. The molecule has 0 radical (unpaired) electrons. The zero-order chi connectivity index (χ0) is 15.2. The van der Waals surface area contributed by atoms with E-state index in [0.29, 0.717) is 25.8 Å². The molecule has 1 aromatic carbocycles. The second-order valence-corrected chi connectivity index (χ2v) is 4.87. The molecule has 0 saturated carbocycles. The van der Waals surface area contributed by atoms with Crippen LogP contribution in [0.3, 0.4) is 0 Å². The van der Waals surface area contributed by atoms with E-state index in [1.54, 1.807) is 24.3 Å². The summed E-state index contributed by atoms with van der Waals surface area (Å²) in [5.74, 6) is -1.08. The van der Waals surface area contributed by atoms with Crippen LogP contribution < -0.4 is 11.1 Å². The van der Waals surface area contributed by atoms with E-state index < -0.39 is 11.5 Å².